The molecule has 0 bridgehead atoms. The number of carbonyl (C=O) groups is 1. The van der Waals surface area contributed by atoms with E-state index in [0.29, 0.717) is 55.7 Å². The lowest BCUT2D eigenvalue weighted by Gasteiger charge is -2.31. The topological polar surface area (TPSA) is 97.9 Å². The normalized spacial score (nSPS) is 16.6. The average molecular weight is 518 g/mol. The van der Waals surface area contributed by atoms with Crippen LogP contribution < -0.4 is 0 Å². The van der Waals surface area contributed by atoms with Crippen LogP contribution in [-0.4, -0.2) is 63.9 Å². The lowest BCUT2D eigenvalue weighted by Crippen LogP contribution is -2.37. The maximum absolute atomic E-state index is 13.3. The van der Waals surface area contributed by atoms with Crippen LogP contribution in [-0.2, 0) is 22.3 Å². The molecule has 2 aliphatic rings. The zero-order valence-corrected chi connectivity index (χ0v) is 20.7. The van der Waals surface area contributed by atoms with Crippen LogP contribution >= 0.6 is 0 Å². The number of aromatic nitrogens is 4. The van der Waals surface area contributed by atoms with E-state index in [0.717, 1.165) is 37.8 Å². The number of likely N-dealkylation sites (tertiary alicyclic amines) is 1. The molecular weight excluding hydrogens is 487 g/mol. The maximum Gasteiger partial charge on any atom is 0.416 e. The maximum atomic E-state index is 13.3. The molecule has 0 spiro atoms. The smallest absolute Gasteiger partial charge is 0.381 e. The summed E-state index contributed by atoms with van der Waals surface area (Å²) in [6.45, 7) is 4.97. The molecule has 1 aromatic heterocycles. The SMILES string of the molecule is Cc1nnn(Cc2cc(C(F)(F)F)ccc2/C=C/C(=O)N2CCC(CCOCCC3=CN=NC3)CC2)n1. The van der Waals surface area contributed by atoms with Gasteiger partial charge < -0.3 is 9.64 Å². The fourth-order valence-electron chi connectivity index (χ4n) is 4.33. The van der Waals surface area contributed by atoms with Gasteiger partial charge in [0.15, 0.2) is 5.82 Å². The van der Waals surface area contributed by atoms with E-state index in [-0.39, 0.29) is 12.5 Å². The molecule has 1 fully saturated rings. The number of piperidine rings is 1. The number of hydrogen-bond donors (Lipinski definition) is 0. The Hall–Kier alpha value is -3.41. The Morgan fingerprint density at radius 3 is 2.70 bits per heavy atom. The molecule has 0 unspecified atom stereocenters. The number of nitrogens with zero attached hydrogens (tertiary/aromatic N) is 7. The van der Waals surface area contributed by atoms with Crippen LogP contribution in [0.2, 0.25) is 0 Å². The predicted molar refractivity (Wildman–Crippen MR) is 129 cm³/mol. The number of amides is 1. The van der Waals surface area contributed by atoms with Crippen LogP contribution in [0.25, 0.3) is 6.08 Å². The van der Waals surface area contributed by atoms with E-state index in [4.69, 9.17) is 4.74 Å². The van der Waals surface area contributed by atoms with Crippen LogP contribution in [0.4, 0.5) is 13.2 Å². The second kappa shape index (κ2) is 12.2. The Bertz CT molecular complexity index is 1170. The Kier molecular flexibility index (Phi) is 8.80. The second-order valence-electron chi connectivity index (χ2n) is 9.23. The molecule has 1 aromatic carbocycles. The van der Waals surface area contributed by atoms with Crippen molar-refractivity contribution in [1.82, 2.24) is 25.1 Å². The van der Waals surface area contributed by atoms with Gasteiger partial charge in [0.25, 0.3) is 0 Å². The largest absolute Gasteiger partial charge is 0.416 e. The zero-order valence-electron chi connectivity index (χ0n) is 20.7. The summed E-state index contributed by atoms with van der Waals surface area (Å²) in [5.74, 6) is 0.767. The summed E-state index contributed by atoms with van der Waals surface area (Å²) in [6.07, 6.45) is 3.89. The van der Waals surface area contributed by atoms with Crippen molar-refractivity contribution in [3.63, 3.8) is 0 Å². The third-order valence-electron chi connectivity index (χ3n) is 6.50. The molecule has 0 aliphatic carbocycles. The third-order valence-corrected chi connectivity index (χ3v) is 6.50. The van der Waals surface area contributed by atoms with Crippen molar-refractivity contribution in [2.45, 2.75) is 45.3 Å². The quantitative estimate of drug-likeness (QED) is 0.343. The van der Waals surface area contributed by atoms with Crippen molar-refractivity contribution in [3.05, 3.63) is 58.6 Å². The summed E-state index contributed by atoms with van der Waals surface area (Å²) in [5, 5.41) is 19.4. The Balaban J connectivity index is 1.27. The zero-order chi connectivity index (χ0) is 26.3. The number of tetrazole rings is 1. The monoisotopic (exact) mass is 517 g/mol. The second-order valence-corrected chi connectivity index (χ2v) is 9.23. The van der Waals surface area contributed by atoms with Crippen LogP contribution in [0.1, 0.15) is 48.2 Å². The Labute approximate surface area is 213 Å². The summed E-state index contributed by atoms with van der Waals surface area (Å²) in [5.41, 5.74) is 1.27. The van der Waals surface area contributed by atoms with Gasteiger partial charge in [-0.2, -0.15) is 28.2 Å². The molecule has 198 valence electrons. The summed E-state index contributed by atoms with van der Waals surface area (Å²) in [6, 6.07) is 3.44. The fraction of sp³-hybridized carbons (Fsp3) is 0.520. The number of carbonyl (C=O) groups excluding carboxylic acids is 1. The standard InChI is InChI=1S/C25H30F3N7O2/c1-18-31-33-35(32-18)17-22-14-23(25(26,27)28)4-2-21(22)3-5-24(36)34-10-6-19(7-11-34)8-12-37-13-9-20-15-29-30-16-20/h2-5,14-15,19H,6-13,16-17H2,1H3/b5-3+. The molecule has 37 heavy (non-hydrogen) atoms. The number of hydrogen-bond acceptors (Lipinski definition) is 7. The van der Waals surface area contributed by atoms with Crippen LogP contribution in [0.5, 0.6) is 0 Å². The molecule has 9 nitrogen and oxygen atoms in total. The average Bonchev–Trinajstić information content (AvgIpc) is 3.54. The van der Waals surface area contributed by atoms with E-state index in [1.54, 1.807) is 24.1 Å². The van der Waals surface area contributed by atoms with Gasteiger partial charge >= 0.3 is 6.18 Å². The van der Waals surface area contributed by atoms with Gasteiger partial charge in [0.2, 0.25) is 5.91 Å². The number of aryl methyl sites for hydroxylation is 1. The summed E-state index contributed by atoms with van der Waals surface area (Å²) >= 11 is 0. The van der Waals surface area contributed by atoms with Gasteiger partial charge in [0.1, 0.15) is 0 Å². The van der Waals surface area contributed by atoms with Crippen molar-refractivity contribution in [1.29, 1.82) is 0 Å². The highest BCUT2D eigenvalue weighted by atomic mass is 19.4. The number of halogens is 3. The van der Waals surface area contributed by atoms with Crippen molar-refractivity contribution < 1.29 is 22.7 Å². The minimum Gasteiger partial charge on any atom is -0.381 e. The van der Waals surface area contributed by atoms with Crippen molar-refractivity contribution in [3.8, 4) is 0 Å². The highest BCUT2D eigenvalue weighted by Gasteiger charge is 2.31. The molecule has 1 amide bonds. The molecule has 4 rings (SSSR count). The van der Waals surface area contributed by atoms with Gasteiger partial charge in [-0.1, -0.05) is 6.07 Å². The van der Waals surface area contributed by atoms with Crippen LogP contribution in [0, 0.1) is 12.8 Å². The van der Waals surface area contributed by atoms with E-state index in [2.05, 4.69) is 25.6 Å². The van der Waals surface area contributed by atoms with E-state index in [9.17, 15) is 18.0 Å². The molecule has 0 radical (unpaired) electrons. The molecule has 12 heteroatoms. The summed E-state index contributed by atoms with van der Waals surface area (Å²) in [4.78, 5) is 15.8. The number of azo groups is 1. The van der Waals surface area contributed by atoms with Gasteiger partial charge in [-0.3, -0.25) is 4.79 Å². The molecule has 0 atom stereocenters. The molecule has 2 aliphatic heterocycles. The van der Waals surface area contributed by atoms with Gasteiger partial charge in [0, 0.05) is 25.8 Å². The lowest BCUT2D eigenvalue weighted by atomic mass is 9.94. The molecule has 0 saturated carbocycles. The van der Waals surface area contributed by atoms with Crippen molar-refractivity contribution in [2.75, 3.05) is 32.8 Å². The first-order valence-corrected chi connectivity index (χ1v) is 12.3. The van der Waals surface area contributed by atoms with Crippen LogP contribution in [0.15, 0.2) is 46.3 Å². The van der Waals surface area contributed by atoms with Crippen molar-refractivity contribution >= 4 is 12.0 Å². The Morgan fingerprint density at radius 1 is 1.22 bits per heavy atom. The summed E-state index contributed by atoms with van der Waals surface area (Å²) in [7, 11) is 0. The number of ether oxygens (including phenoxy) is 1. The molecule has 1 saturated heterocycles. The minimum atomic E-state index is -4.48. The van der Waals surface area contributed by atoms with Gasteiger partial charge in [-0.15, -0.1) is 10.2 Å². The van der Waals surface area contributed by atoms with Crippen LogP contribution in [0.3, 0.4) is 0 Å². The first-order valence-electron chi connectivity index (χ1n) is 12.3. The van der Waals surface area contributed by atoms with E-state index in [1.165, 1.54) is 22.5 Å². The first kappa shape index (κ1) is 26.6. The van der Waals surface area contributed by atoms with Gasteiger partial charge in [0.05, 0.1) is 31.5 Å². The summed E-state index contributed by atoms with van der Waals surface area (Å²) < 4.78 is 45.5. The lowest BCUT2D eigenvalue weighted by molar-refractivity contribution is -0.137. The predicted octanol–water partition coefficient (Wildman–Crippen LogP) is 4.45. The highest BCUT2D eigenvalue weighted by Crippen LogP contribution is 2.31. The van der Waals surface area contributed by atoms with Gasteiger partial charge in [-0.25, -0.2) is 0 Å². The minimum absolute atomic E-state index is 0.00829. The van der Waals surface area contributed by atoms with E-state index in [1.807, 2.05) is 0 Å². The number of benzene rings is 1. The number of alkyl halides is 3. The molecular formula is C25H30F3N7O2. The first-order chi connectivity index (χ1) is 17.8. The fourth-order valence-corrected chi connectivity index (χ4v) is 4.33. The van der Waals surface area contributed by atoms with Gasteiger partial charge in [-0.05, 0) is 78.6 Å². The molecule has 3 heterocycles. The number of rotatable bonds is 10. The highest BCUT2D eigenvalue weighted by molar-refractivity contribution is 5.92. The van der Waals surface area contributed by atoms with E-state index < -0.39 is 11.7 Å². The third kappa shape index (κ3) is 7.78. The van der Waals surface area contributed by atoms with Crippen molar-refractivity contribution in [2.24, 2.45) is 16.1 Å². The molecule has 0 N–H and O–H groups in total. The van der Waals surface area contributed by atoms with E-state index >= 15 is 0 Å². The Morgan fingerprint density at radius 2 is 2.03 bits per heavy atom. The molecule has 2 aromatic rings.